The zero-order valence-corrected chi connectivity index (χ0v) is 17.7. The molecule has 0 N–H and O–H groups in total. The zero-order chi connectivity index (χ0) is 20.8. The number of rotatable bonds is 6. The lowest BCUT2D eigenvalue weighted by Crippen LogP contribution is -2.48. The molecule has 2 heterocycles. The number of likely N-dealkylation sites (N-methyl/N-ethyl adjacent to an activating group) is 1. The van der Waals surface area contributed by atoms with E-state index in [2.05, 4.69) is 11.8 Å². The van der Waals surface area contributed by atoms with Crippen LogP contribution in [-0.4, -0.2) is 78.1 Å². The minimum atomic E-state index is -0.0814. The van der Waals surface area contributed by atoms with Crippen molar-refractivity contribution >= 4 is 17.6 Å². The Morgan fingerprint density at radius 3 is 2.10 bits per heavy atom. The number of nitrogens with zero attached hydrogens (tertiary/aromatic N) is 3. The molecular weight excluding hydrogens is 366 g/mol. The molecule has 0 unspecified atom stereocenters. The van der Waals surface area contributed by atoms with Gasteiger partial charge in [0.25, 0.3) is 5.91 Å². The Labute approximate surface area is 173 Å². The third-order valence-corrected chi connectivity index (χ3v) is 6.38. The Balaban J connectivity index is 1.44. The smallest absolute Gasteiger partial charge is 0.254 e. The highest BCUT2D eigenvalue weighted by Crippen LogP contribution is 2.24. The van der Waals surface area contributed by atoms with Gasteiger partial charge in [-0.2, -0.15) is 0 Å². The van der Waals surface area contributed by atoms with Crippen molar-refractivity contribution in [3.63, 3.8) is 0 Å². The highest BCUT2D eigenvalue weighted by Gasteiger charge is 2.27. The summed E-state index contributed by atoms with van der Waals surface area (Å²) >= 11 is 0. The molecule has 2 aliphatic heterocycles. The van der Waals surface area contributed by atoms with Crippen molar-refractivity contribution in [2.24, 2.45) is 5.92 Å². The molecule has 3 rings (SSSR count). The summed E-state index contributed by atoms with van der Waals surface area (Å²) in [6.45, 7) is 9.73. The van der Waals surface area contributed by atoms with Crippen LogP contribution in [0, 0.1) is 5.92 Å². The van der Waals surface area contributed by atoms with Crippen LogP contribution in [0.15, 0.2) is 24.3 Å². The van der Waals surface area contributed by atoms with Gasteiger partial charge in [0.05, 0.1) is 5.56 Å². The van der Waals surface area contributed by atoms with E-state index in [-0.39, 0.29) is 17.6 Å². The summed E-state index contributed by atoms with van der Waals surface area (Å²) in [6, 6.07) is 7.05. The van der Waals surface area contributed by atoms with E-state index < -0.39 is 0 Å². The molecule has 2 fully saturated rings. The van der Waals surface area contributed by atoms with Crippen molar-refractivity contribution in [2.45, 2.75) is 39.5 Å². The van der Waals surface area contributed by atoms with Gasteiger partial charge in [0.2, 0.25) is 5.91 Å². The van der Waals surface area contributed by atoms with Crippen LogP contribution >= 0.6 is 0 Å². The van der Waals surface area contributed by atoms with E-state index in [1.807, 2.05) is 9.80 Å². The standard InChI is InChI=1S/C23H33N3O3/c1-3-24-14-16-25(17-15-24)22(28)9-8-19-10-12-26(13-11-19)23(29)21-7-5-4-6-20(21)18(2)27/h4-7,19H,3,8-17H2,1-2H3. The van der Waals surface area contributed by atoms with Gasteiger partial charge in [-0.25, -0.2) is 0 Å². The number of Topliss-reactive ketones (excluding diaryl/α,β-unsaturated/α-hetero) is 1. The molecule has 0 saturated carbocycles. The van der Waals surface area contributed by atoms with Crippen LogP contribution in [0.2, 0.25) is 0 Å². The molecule has 0 spiro atoms. The molecule has 0 atom stereocenters. The van der Waals surface area contributed by atoms with Crippen LogP contribution in [-0.2, 0) is 4.79 Å². The van der Waals surface area contributed by atoms with Crippen molar-refractivity contribution in [2.75, 3.05) is 45.8 Å². The molecule has 158 valence electrons. The Morgan fingerprint density at radius 1 is 0.897 bits per heavy atom. The second-order valence-corrected chi connectivity index (χ2v) is 8.19. The number of piperazine rings is 1. The molecule has 0 bridgehead atoms. The number of ketones is 1. The van der Waals surface area contributed by atoms with Crippen LogP contribution in [0.3, 0.4) is 0 Å². The van der Waals surface area contributed by atoms with E-state index in [0.29, 0.717) is 36.6 Å². The number of benzene rings is 1. The molecule has 0 radical (unpaired) electrons. The summed E-state index contributed by atoms with van der Waals surface area (Å²) in [7, 11) is 0. The van der Waals surface area contributed by atoms with Crippen LogP contribution in [0.25, 0.3) is 0 Å². The van der Waals surface area contributed by atoms with Gasteiger partial charge in [-0.3, -0.25) is 14.4 Å². The number of carbonyl (C=O) groups is 3. The zero-order valence-electron chi connectivity index (χ0n) is 17.7. The van der Waals surface area contributed by atoms with Crippen molar-refractivity contribution in [3.05, 3.63) is 35.4 Å². The first-order chi connectivity index (χ1) is 14.0. The molecule has 2 saturated heterocycles. The Bertz CT molecular complexity index is 733. The quantitative estimate of drug-likeness (QED) is 0.690. The molecule has 6 nitrogen and oxygen atoms in total. The first-order valence-electron chi connectivity index (χ1n) is 10.9. The van der Waals surface area contributed by atoms with Crippen molar-refractivity contribution < 1.29 is 14.4 Å². The number of hydrogen-bond donors (Lipinski definition) is 0. The Hall–Kier alpha value is -2.21. The maximum absolute atomic E-state index is 12.9. The topological polar surface area (TPSA) is 60.9 Å². The maximum Gasteiger partial charge on any atom is 0.254 e. The number of likely N-dealkylation sites (tertiary alicyclic amines) is 1. The average Bonchev–Trinajstić information content (AvgIpc) is 2.77. The third-order valence-electron chi connectivity index (χ3n) is 6.38. The van der Waals surface area contributed by atoms with E-state index in [0.717, 1.165) is 52.0 Å². The minimum absolute atomic E-state index is 0.0564. The first-order valence-corrected chi connectivity index (χ1v) is 10.9. The maximum atomic E-state index is 12.9. The van der Waals surface area contributed by atoms with Crippen LogP contribution in [0.4, 0.5) is 0 Å². The van der Waals surface area contributed by atoms with Crippen molar-refractivity contribution in [1.29, 1.82) is 0 Å². The fourth-order valence-electron chi connectivity index (χ4n) is 4.37. The lowest BCUT2D eigenvalue weighted by Gasteiger charge is -2.35. The second-order valence-electron chi connectivity index (χ2n) is 8.19. The van der Waals surface area contributed by atoms with E-state index in [1.54, 1.807) is 24.3 Å². The van der Waals surface area contributed by atoms with E-state index in [4.69, 9.17) is 0 Å². The molecule has 6 heteroatoms. The predicted molar refractivity (Wildman–Crippen MR) is 113 cm³/mol. The fourth-order valence-corrected chi connectivity index (χ4v) is 4.37. The summed E-state index contributed by atoms with van der Waals surface area (Å²) < 4.78 is 0. The van der Waals surface area contributed by atoms with E-state index in [1.165, 1.54) is 6.92 Å². The van der Waals surface area contributed by atoms with E-state index in [9.17, 15) is 14.4 Å². The summed E-state index contributed by atoms with van der Waals surface area (Å²) in [5, 5.41) is 0. The van der Waals surface area contributed by atoms with Crippen molar-refractivity contribution in [3.8, 4) is 0 Å². The van der Waals surface area contributed by atoms with Gasteiger partial charge >= 0.3 is 0 Å². The summed E-state index contributed by atoms with van der Waals surface area (Å²) in [5.74, 6) is 0.624. The number of hydrogen-bond acceptors (Lipinski definition) is 4. The van der Waals surface area contributed by atoms with Crippen LogP contribution < -0.4 is 0 Å². The molecular formula is C23H33N3O3. The average molecular weight is 400 g/mol. The summed E-state index contributed by atoms with van der Waals surface area (Å²) in [6.07, 6.45) is 3.35. The van der Waals surface area contributed by atoms with Gasteiger partial charge in [-0.05, 0) is 44.7 Å². The SMILES string of the molecule is CCN1CCN(C(=O)CCC2CCN(C(=O)c3ccccc3C(C)=O)CC2)CC1. The second kappa shape index (κ2) is 10.0. The molecule has 1 aromatic rings. The summed E-state index contributed by atoms with van der Waals surface area (Å²) in [5.41, 5.74) is 0.994. The van der Waals surface area contributed by atoms with E-state index >= 15 is 0 Å². The Morgan fingerprint density at radius 2 is 1.52 bits per heavy atom. The largest absolute Gasteiger partial charge is 0.340 e. The Kier molecular flexibility index (Phi) is 7.42. The van der Waals surface area contributed by atoms with Gasteiger partial charge in [0.1, 0.15) is 0 Å². The molecule has 1 aromatic carbocycles. The van der Waals surface area contributed by atoms with Gasteiger partial charge < -0.3 is 14.7 Å². The number of carbonyl (C=O) groups excluding carboxylic acids is 3. The monoisotopic (exact) mass is 399 g/mol. The number of amides is 2. The lowest BCUT2D eigenvalue weighted by molar-refractivity contribution is -0.133. The number of piperidine rings is 1. The highest BCUT2D eigenvalue weighted by atomic mass is 16.2. The van der Waals surface area contributed by atoms with Gasteiger partial charge in [-0.15, -0.1) is 0 Å². The molecule has 0 aliphatic carbocycles. The normalized spacial score (nSPS) is 18.7. The molecule has 2 aliphatic rings. The molecule has 0 aromatic heterocycles. The minimum Gasteiger partial charge on any atom is -0.340 e. The van der Waals surface area contributed by atoms with Crippen LogP contribution in [0.5, 0.6) is 0 Å². The highest BCUT2D eigenvalue weighted by molar-refractivity contribution is 6.07. The predicted octanol–water partition coefficient (Wildman–Crippen LogP) is 2.69. The van der Waals surface area contributed by atoms with Crippen molar-refractivity contribution in [1.82, 2.24) is 14.7 Å². The van der Waals surface area contributed by atoms with Gasteiger partial charge in [0.15, 0.2) is 5.78 Å². The fraction of sp³-hybridized carbons (Fsp3) is 0.609. The molecule has 2 amide bonds. The van der Waals surface area contributed by atoms with Crippen LogP contribution in [0.1, 0.15) is 60.2 Å². The molecule has 29 heavy (non-hydrogen) atoms. The summed E-state index contributed by atoms with van der Waals surface area (Å²) in [4.78, 5) is 43.4. The third kappa shape index (κ3) is 5.44. The van der Waals surface area contributed by atoms with Gasteiger partial charge in [0, 0.05) is 51.3 Å². The lowest BCUT2D eigenvalue weighted by atomic mass is 9.91. The van der Waals surface area contributed by atoms with Gasteiger partial charge in [-0.1, -0.05) is 25.1 Å². The first kappa shape index (κ1) is 21.5.